The Morgan fingerprint density at radius 3 is 2.44 bits per heavy atom. The molecule has 0 saturated heterocycles. The van der Waals surface area contributed by atoms with Crippen molar-refractivity contribution in [2.45, 2.75) is 32.9 Å². The van der Waals surface area contributed by atoms with E-state index in [4.69, 9.17) is 16.3 Å². The number of amides is 2. The first-order valence-corrected chi connectivity index (χ1v) is 12.3. The number of halogens is 2. The van der Waals surface area contributed by atoms with E-state index in [2.05, 4.69) is 21.2 Å². The van der Waals surface area contributed by atoms with Gasteiger partial charge < -0.3 is 15.0 Å². The van der Waals surface area contributed by atoms with Crippen LogP contribution in [-0.4, -0.2) is 35.9 Å². The zero-order chi connectivity index (χ0) is 24.5. The highest BCUT2D eigenvalue weighted by Gasteiger charge is 2.30. The van der Waals surface area contributed by atoms with Crippen molar-refractivity contribution < 1.29 is 14.3 Å². The van der Waals surface area contributed by atoms with Crippen LogP contribution in [0.15, 0.2) is 77.3 Å². The quantitative estimate of drug-likeness (QED) is 0.364. The highest BCUT2D eigenvalue weighted by molar-refractivity contribution is 9.10. The summed E-state index contributed by atoms with van der Waals surface area (Å²) in [7, 11) is 0. The second-order valence-electron chi connectivity index (χ2n) is 7.95. The van der Waals surface area contributed by atoms with Gasteiger partial charge in [-0.2, -0.15) is 0 Å². The van der Waals surface area contributed by atoms with Gasteiger partial charge in [-0.3, -0.25) is 9.59 Å². The molecule has 3 aromatic carbocycles. The van der Waals surface area contributed by atoms with Crippen molar-refractivity contribution in [1.82, 2.24) is 10.2 Å². The van der Waals surface area contributed by atoms with E-state index in [-0.39, 0.29) is 25.0 Å². The number of benzene rings is 3. The normalized spacial score (nSPS) is 11.5. The molecular formula is C27H28BrClN2O3. The van der Waals surface area contributed by atoms with E-state index in [1.807, 2.05) is 68.4 Å². The molecule has 5 nitrogen and oxygen atoms in total. The van der Waals surface area contributed by atoms with Gasteiger partial charge in [0.2, 0.25) is 5.91 Å². The molecule has 3 rings (SSSR count). The van der Waals surface area contributed by atoms with Crippen LogP contribution >= 0.6 is 27.5 Å². The Balaban J connectivity index is 1.89. The van der Waals surface area contributed by atoms with Crippen LogP contribution in [0.3, 0.4) is 0 Å². The van der Waals surface area contributed by atoms with Gasteiger partial charge in [-0.05, 0) is 60.9 Å². The van der Waals surface area contributed by atoms with Gasteiger partial charge in [-0.1, -0.05) is 70.0 Å². The summed E-state index contributed by atoms with van der Waals surface area (Å²) >= 11 is 9.66. The second kappa shape index (κ2) is 12.6. The summed E-state index contributed by atoms with van der Waals surface area (Å²) in [6.07, 6.45) is 0.385. The Bertz CT molecular complexity index is 1120. The number of aryl methyl sites for hydroxylation is 1. The average Bonchev–Trinajstić information content (AvgIpc) is 2.82. The minimum atomic E-state index is -0.705. The fraction of sp³-hybridized carbons (Fsp3) is 0.259. The Morgan fingerprint density at radius 2 is 1.76 bits per heavy atom. The first kappa shape index (κ1) is 25.8. The standard InChI is InChI=1S/C27H28BrClN2O3/c1-3-30-27(33)25(16-20-8-5-4-6-9-20)31(17-21-10-7-11-22(29)15-21)26(32)18-34-23-12-13-24(28)19(2)14-23/h4-15,25H,3,16-18H2,1-2H3,(H,30,33). The number of rotatable bonds is 10. The van der Waals surface area contributed by atoms with Crippen molar-refractivity contribution in [3.05, 3.63) is 99.0 Å². The maximum atomic E-state index is 13.5. The number of nitrogens with zero attached hydrogens (tertiary/aromatic N) is 1. The second-order valence-corrected chi connectivity index (χ2v) is 9.24. The van der Waals surface area contributed by atoms with Gasteiger partial charge in [0, 0.05) is 29.0 Å². The number of carbonyl (C=O) groups is 2. The molecule has 0 aliphatic heterocycles. The van der Waals surface area contributed by atoms with Crippen LogP contribution in [0.4, 0.5) is 0 Å². The van der Waals surface area contributed by atoms with Crippen LogP contribution in [-0.2, 0) is 22.6 Å². The summed E-state index contributed by atoms with van der Waals surface area (Å²) in [5.41, 5.74) is 2.81. The maximum Gasteiger partial charge on any atom is 0.261 e. The van der Waals surface area contributed by atoms with Crippen molar-refractivity contribution >= 4 is 39.3 Å². The number of carbonyl (C=O) groups excluding carboxylic acids is 2. The zero-order valence-corrected chi connectivity index (χ0v) is 21.6. The van der Waals surface area contributed by atoms with Crippen molar-refractivity contribution in [3.8, 4) is 5.75 Å². The summed E-state index contributed by atoms with van der Waals surface area (Å²) in [5.74, 6) is 0.100. The fourth-order valence-electron chi connectivity index (χ4n) is 3.61. The van der Waals surface area contributed by atoms with E-state index in [0.717, 1.165) is 21.2 Å². The van der Waals surface area contributed by atoms with Crippen LogP contribution < -0.4 is 10.1 Å². The number of ether oxygens (including phenoxy) is 1. The van der Waals surface area contributed by atoms with E-state index < -0.39 is 6.04 Å². The molecule has 0 saturated carbocycles. The highest BCUT2D eigenvalue weighted by atomic mass is 79.9. The molecule has 0 fully saturated rings. The SMILES string of the molecule is CCNC(=O)C(Cc1ccccc1)N(Cc1cccc(Cl)c1)C(=O)COc1ccc(Br)c(C)c1. The molecule has 1 N–H and O–H groups in total. The van der Waals surface area contributed by atoms with Gasteiger partial charge in [-0.15, -0.1) is 0 Å². The van der Waals surface area contributed by atoms with Crippen molar-refractivity contribution in [2.24, 2.45) is 0 Å². The molecule has 0 heterocycles. The van der Waals surface area contributed by atoms with E-state index in [9.17, 15) is 9.59 Å². The highest BCUT2D eigenvalue weighted by Crippen LogP contribution is 2.22. The minimum absolute atomic E-state index is 0.188. The predicted octanol–water partition coefficient (Wildman–Crippen LogP) is 5.57. The average molecular weight is 544 g/mol. The molecule has 3 aromatic rings. The Hall–Kier alpha value is -2.83. The van der Waals surface area contributed by atoms with Gasteiger partial charge in [0.25, 0.3) is 5.91 Å². The monoisotopic (exact) mass is 542 g/mol. The number of likely N-dealkylation sites (N-methyl/N-ethyl adjacent to an activating group) is 1. The lowest BCUT2D eigenvalue weighted by atomic mass is 10.0. The lowest BCUT2D eigenvalue weighted by Gasteiger charge is -2.31. The molecule has 2 amide bonds. The van der Waals surface area contributed by atoms with Crippen LogP contribution in [0, 0.1) is 6.92 Å². The summed E-state index contributed by atoms with van der Waals surface area (Å²) in [5, 5.41) is 3.45. The van der Waals surface area contributed by atoms with Gasteiger partial charge in [0.05, 0.1) is 0 Å². The third-order valence-corrected chi connectivity index (χ3v) is 6.48. The molecule has 0 aliphatic rings. The first-order valence-electron chi connectivity index (χ1n) is 11.1. The lowest BCUT2D eigenvalue weighted by molar-refractivity contribution is -0.142. The molecule has 178 valence electrons. The molecule has 0 bridgehead atoms. The molecule has 1 unspecified atom stereocenters. The molecule has 0 radical (unpaired) electrons. The smallest absolute Gasteiger partial charge is 0.261 e. The minimum Gasteiger partial charge on any atom is -0.484 e. The molecule has 0 aromatic heterocycles. The van der Waals surface area contributed by atoms with Crippen LogP contribution in [0.5, 0.6) is 5.75 Å². The van der Waals surface area contributed by atoms with Crippen molar-refractivity contribution in [3.63, 3.8) is 0 Å². The third-order valence-electron chi connectivity index (χ3n) is 5.36. The van der Waals surface area contributed by atoms with E-state index in [1.54, 1.807) is 23.1 Å². The lowest BCUT2D eigenvalue weighted by Crippen LogP contribution is -2.51. The molecule has 0 spiro atoms. The number of hydrogen-bond donors (Lipinski definition) is 1. The number of nitrogens with one attached hydrogen (secondary N) is 1. The number of hydrogen-bond acceptors (Lipinski definition) is 3. The van der Waals surface area contributed by atoms with Gasteiger partial charge in [0.1, 0.15) is 11.8 Å². The third kappa shape index (κ3) is 7.34. The van der Waals surface area contributed by atoms with Gasteiger partial charge >= 0.3 is 0 Å². The van der Waals surface area contributed by atoms with Crippen molar-refractivity contribution in [1.29, 1.82) is 0 Å². The molecule has 7 heteroatoms. The van der Waals surface area contributed by atoms with E-state index in [1.165, 1.54) is 0 Å². The molecule has 1 atom stereocenters. The van der Waals surface area contributed by atoms with Crippen LogP contribution in [0.1, 0.15) is 23.6 Å². The Labute approximate surface area is 214 Å². The summed E-state index contributed by atoms with van der Waals surface area (Å²) < 4.78 is 6.78. The summed E-state index contributed by atoms with van der Waals surface area (Å²) in [4.78, 5) is 28.2. The van der Waals surface area contributed by atoms with E-state index >= 15 is 0 Å². The molecule has 34 heavy (non-hydrogen) atoms. The topological polar surface area (TPSA) is 58.6 Å². The van der Waals surface area contributed by atoms with Crippen LogP contribution in [0.2, 0.25) is 5.02 Å². The first-order chi connectivity index (χ1) is 16.4. The summed E-state index contributed by atoms with van der Waals surface area (Å²) in [6.45, 7) is 4.33. The Kier molecular flexibility index (Phi) is 9.54. The van der Waals surface area contributed by atoms with Crippen LogP contribution in [0.25, 0.3) is 0 Å². The maximum absolute atomic E-state index is 13.5. The zero-order valence-electron chi connectivity index (χ0n) is 19.3. The Morgan fingerprint density at radius 1 is 1.03 bits per heavy atom. The van der Waals surface area contributed by atoms with Gasteiger partial charge in [-0.25, -0.2) is 0 Å². The summed E-state index contributed by atoms with van der Waals surface area (Å²) in [6, 6.07) is 21.8. The molecule has 0 aliphatic carbocycles. The van der Waals surface area contributed by atoms with Crippen molar-refractivity contribution in [2.75, 3.05) is 13.2 Å². The van der Waals surface area contributed by atoms with Gasteiger partial charge in [0.15, 0.2) is 6.61 Å². The fourth-order valence-corrected chi connectivity index (χ4v) is 4.07. The molecular weight excluding hydrogens is 516 g/mol. The van der Waals surface area contributed by atoms with E-state index in [0.29, 0.717) is 23.7 Å². The largest absolute Gasteiger partial charge is 0.484 e. The predicted molar refractivity (Wildman–Crippen MR) is 139 cm³/mol.